The maximum Gasteiger partial charge on any atom is 0.251 e. The fourth-order valence-corrected chi connectivity index (χ4v) is 6.36. The summed E-state index contributed by atoms with van der Waals surface area (Å²) in [5.41, 5.74) is 12.5. The summed E-state index contributed by atoms with van der Waals surface area (Å²) in [4.78, 5) is 46.0. The Morgan fingerprint density at radius 2 is 1.35 bits per heavy atom. The minimum atomic E-state index is -0.511. The number of benzene rings is 3. The highest BCUT2D eigenvalue weighted by Crippen LogP contribution is 2.34. The summed E-state index contributed by atoms with van der Waals surface area (Å²) in [6, 6.07) is 18.5. The van der Waals surface area contributed by atoms with Crippen LogP contribution in [0.15, 0.2) is 118 Å². The van der Waals surface area contributed by atoms with Gasteiger partial charge < -0.3 is 69.2 Å². The van der Waals surface area contributed by atoms with Crippen molar-refractivity contribution < 1.29 is 52.7 Å². The molecule has 0 spiro atoms. The topological polar surface area (TPSA) is 221 Å². The molecule has 0 atom stereocenters. The van der Waals surface area contributed by atoms with E-state index < -0.39 is 11.5 Å². The van der Waals surface area contributed by atoms with Gasteiger partial charge in [0.15, 0.2) is 16.8 Å². The summed E-state index contributed by atoms with van der Waals surface area (Å²) >= 11 is 0. The molecule has 0 fully saturated rings. The highest BCUT2D eigenvalue weighted by Gasteiger charge is 2.21. The van der Waals surface area contributed by atoms with E-state index in [1.54, 1.807) is 36.4 Å². The number of unbranched alkanes of at least 4 members (excludes halogenated alkanes) is 1. The normalized spacial score (nSPS) is 14.3. The van der Waals surface area contributed by atoms with Crippen LogP contribution in [0.5, 0.6) is 11.5 Å². The molecule has 3 aromatic carbocycles. The zero-order chi connectivity index (χ0) is 48.1. The Bertz CT molecular complexity index is 2280. The van der Waals surface area contributed by atoms with Gasteiger partial charge in [-0.15, -0.1) is 0 Å². The number of nitrogens with one attached hydrogen (secondary N) is 2. The maximum atomic E-state index is 12.6. The van der Waals surface area contributed by atoms with Crippen LogP contribution in [0.4, 0.5) is 0 Å². The molecule has 2 heterocycles. The van der Waals surface area contributed by atoms with Crippen molar-refractivity contribution in [2.24, 2.45) is 5.73 Å². The van der Waals surface area contributed by atoms with Gasteiger partial charge in [0.05, 0.1) is 82.8 Å². The highest BCUT2D eigenvalue weighted by molar-refractivity contribution is 5.94. The molecule has 0 aliphatic carbocycles. The van der Waals surface area contributed by atoms with Crippen LogP contribution < -0.4 is 21.8 Å². The number of hydrogen-bond donors (Lipinski definition) is 5. The number of nitrogens with two attached hydrogens (primary N) is 1. The molecule has 5 rings (SSSR count). The van der Waals surface area contributed by atoms with Crippen LogP contribution in [-0.2, 0) is 39.8 Å². The quantitative estimate of drug-likeness (QED) is 0.0283. The lowest BCUT2D eigenvalue weighted by molar-refractivity contribution is -0.112. The van der Waals surface area contributed by atoms with Crippen LogP contribution >= 0.6 is 0 Å². The largest absolute Gasteiger partial charge is 0.504 e. The number of fused-ring (bicyclic) bond motifs is 2. The van der Waals surface area contributed by atoms with E-state index in [9.17, 15) is 29.4 Å². The Hall–Kier alpha value is -6.56. The van der Waals surface area contributed by atoms with Gasteiger partial charge in [-0.05, 0) is 35.9 Å². The molecule has 356 valence electrons. The fraction of sp³-hybridized carbons (Fsp3) is 0.360. The number of phenolic OH excluding ortho intramolecular Hbond substituents is 2. The summed E-state index contributed by atoms with van der Waals surface area (Å²) in [6.45, 7) is 17.7. The van der Waals surface area contributed by atoms with Gasteiger partial charge in [-0.25, -0.2) is 0 Å². The molecule has 0 saturated heterocycles. The van der Waals surface area contributed by atoms with Crippen molar-refractivity contribution in [3.8, 4) is 22.8 Å². The summed E-state index contributed by atoms with van der Waals surface area (Å²) in [7, 11) is 2.02. The van der Waals surface area contributed by atoms with E-state index in [0.717, 1.165) is 40.7 Å². The Morgan fingerprint density at radius 3 is 1.91 bits per heavy atom. The first-order valence-electron chi connectivity index (χ1n) is 21.8. The van der Waals surface area contributed by atoms with Crippen molar-refractivity contribution in [2.75, 3.05) is 86.2 Å². The van der Waals surface area contributed by atoms with Gasteiger partial charge in [0, 0.05) is 73.6 Å². The Morgan fingerprint density at radius 1 is 0.788 bits per heavy atom. The zero-order valence-electron chi connectivity index (χ0n) is 38.2. The lowest BCUT2D eigenvalue weighted by Crippen LogP contribution is -2.28. The zero-order valence-corrected chi connectivity index (χ0v) is 38.2. The first kappa shape index (κ1) is 53.8. The minimum absolute atomic E-state index is 0.112. The number of carbonyl (C=O) groups excluding carboxylic acids is 3. The summed E-state index contributed by atoms with van der Waals surface area (Å²) in [5, 5.41) is 26.3. The van der Waals surface area contributed by atoms with Crippen molar-refractivity contribution in [1.82, 2.24) is 15.5 Å². The number of amides is 1. The number of ether oxygens (including phenoxy) is 5. The van der Waals surface area contributed by atoms with Crippen molar-refractivity contribution in [1.29, 1.82) is 0 Å². The van der Waals surface area contributed by atoms with Gasteiger partial charge in [0.2, 0.25) is 5.75 Å². The molecule has 6 N–H and O–H groups in total. The first-order chi connectivity index (χ1) is 32.1. The molecule has 1 aliphatic rings. The van der Waals surface area contributed by atoms with E-state index in [4.69, 9.17) is 33.8 Å². The van der Waals surface area contributed by atoms with E-state index in [1.807, 2.05) is 33.0 Å². The van der Waals surface area contributed by atoms with Crippen LogP contribution in [0.25, 0.3) is 28.0 Å². The summed E-state index contributed by atoms with van der Waals surface area (Å²) in [5.74, 6) is -1.00. The molecule has 66 heavy (non-hydrogen) atoms. The standard InChI is InChI=1S/C44H52N4O10.C4H6O2.C2H6/c1-4-33-36(5-2)48(3)29-32-8-6-7-9-34(32)41(40(33)45)46-16-18-53-20-22-55-24-26-57-27-25-56-23-21-54-19-17-47-44(52)31-12-10-30(11-13-31)39-28-38(50)35-14-15-37(49)42(51)43(35)58-39;5-3-1-2-4-6;1-2/h4-15,28,46,49,51H,1-2,16-27,29,45H2,3H3,(H,47,52);3-4H,1-2H2;1-2H3/b36-33-,41-40-;;. The van der Waals surface area contributed by atoms with Crippen molar-refractivity contribution in [3.05, 3.63) is 136 Å². The van der Waals surface area contributed by atoms with Crippen LogP contribution in [0.3, 0.4) is 0 Å². The molecule has 4 aromatic rings. The van der Waals surface area contributed by atoms with E-state index in [2.05, 4.69) is 40.8 Å². The minimum Gasteiger partial charge on any atom is -0.504 e. The second-order valence-electron chi connectivity index (χ2n) is 14.0. The molecule has 1 aromatic heterocycles. The molecular weight excluding hydrogens is 849 g/mol. The molecule has 16 nitrogen and oxygen atoms in total. The molecule has 16 heteroatoms. The average Bonchev–Trinajstić information content (AvgIpc) is 3.33. The van der Waals surface area contributed by atoms with Crippen molar-refractivity contribution in [2.45, 2.75) is 33.2 Å². The number of aldehydes is 2. The van der Waals surface area contributed by atoms with E-state index in [0.29, 0.717) is 115 Å². The van der Waals surface area contributed by atoms with Gasteiger partial charge in [-0.2, -0.15) is 0 Å². The molecule has 1 aliphatic heterocycles. The number of aromatic hydroxyl groups is 2. The number of allylic oxidation sites excluding steroid dienone is 2. The number of rotatable bonds is 26. The van der Waals surface area contributed by atoms with E-state index in [-0.39, 0.29) is 28.1 Å². The van der Waals surface area contributed by atoms with E-state index in [1.165, 1.54) is 18.2 Å². The Balaban J connectivity index is 0.00000133. The monoisotopic (exact) mass is 912 g/mol. The van der Waals surface area contributed by atoms with Crippen molar-refractivity contribution in [3.63, 3.8) is 0 Å². The van der Waals surface area contributed by atoms with Crippen LogP contribution in [0, 0.1) is 0 Å². The number of carbonyl (C=O) groups is 3. The van der Waals surface area contributed by atoms with Gasteiger partial charge in [-0.1, -0.05) is 69.5 Å². The number of nitrogens with zero attached hydrogens (tertiary/aromatic N) is 1. The summed E-state index contributed by atoms with van der Waals surface area (Å²) in [6.07, 6.45) is 5.76. The van der Waals surface area contributed by atoms with Gasteiger partial charge in [-0.3, -0.25) is 9.59 Å². The fourth-order valence-electron chi connectivity index (χ4n) is 6.36. The summed E-state index contributed by atoms with van der Waals surface area (Å²) < 4.78 is 33.7. The molecule has 0 saturated carbocycles. The third kappa shape index (κ3) is 16.8. The Kier molecular flexibility index (Phi) is 24.9. The van der Waals surface area contributed by atoms with Gasteiger partial charge in [0.25, 0.3) is 5.91 Å². The molecule has 0 bridgehead atoms. The SMILES string of the molecule is C=CC1=C(\C=C)N(C)Cc2ccccc2/C(NCCOCCOCCOCCOCCOCCNC(=O)c2ccc(-c3cc(=O)c4ccc(O)c(O)c4o3)cc2)=C\1N.CC.O=CCCC=O. The highest BCUT2D eigenvalue weighted by atomic mass is 16.6. The van der Waals surface area contributed by atoms with E-state index >= 15 is 0 Å². The third-order valence-corrected chi connectivity index (χ3v) is 9.59. The lowest BCUT2D eigenvalue weighted by Gasteiger charge is -2.29. The lowest BCUT2D eigenvalue weighted by atomic mass is 9.96. The van der Waals surface area contributed by atoms with Crippen LogP contribution in [0.2, 0.25) is 0 Å². The Labute approximate surface area is 386 Å². The molecular formula is C50H64N4O12. The predicted molar refractivity (Wildman–Crippen MR) is 255 cm³/mol. The molecule has 0 radical (unpaired) electrons. The first-order valence-corrected chi connectivity index (χ1v) is 21.8. The molecule has 1 amide bonds. The number of phenols is 2. The maximum absolute atomic E-state index is 12.6. The number of hydrogen-bond acceptors (Lipinski definition) is 15. The van der Waals surface area contributed by atoms with Crippen LogP contribution in [0.1, 0.15) is 48.2 Å². The van der Waals surface area contributed by atoms with Gasteiger partial charge >= 0.3 is 0 Å². The second kappa shape index (κ2) is 30.6. The molecule has 0 unspecified atom stereocenters. The van der Waals surface area contributed by atoms with Crippen molar-refractivity contribution >= 4 is 35.1 Å². The van der Waals surface area contributed by atoms with Gasteiger partial charge in [0.1, 0.15) is 18.3 Å². The average molecular weight is 913 g/mol. The second-order valence-corrected chi connectivity index (χ2v) is 14.0. The predicted octanol–water partition coefficient (Wildman–Crippen LogP) is 5.86. The van der Waals surface area contributed by atoms with Crippen LogP contribution in [-0.4, -0.2) is 120 Å². The third-order valence-electron chi connectivity index (χ3n) is 9.59. The smallest absolute Gasteiger partial charge is 0.251 e. The number of likely N-dealkylation sites (N-methyl/N-ethyl adjacent to an activating group) is 1.